The summed E-state index contributed by atoms with van der Waals surface area (Å²) in [6.45, 7) is 2.51. The monoisotopic (exact) mass is 286 g/mol. The zero-order chi connectivity index (χ0) is 14.4. The Labute approximate surface area is 117 Å². The maximum atomic E-state index is 11.8. The molecule has 0 aliphatic carbocycles. The van der Waals surface area contributed by atoms with Gasteiger partial charge in [-0.1, -0.05) is 18.5 Å². The molecule has 0 spiro atoms. The number of aliphatic carboxylic acids is 1. The normalized spacial score (nSPS) is 12.2. The molecule has 0 aromatic carbocycles. The second-order valence-electron chi connectivity index (χ2n) is 4.74. The molecule has 1 atom stereocenters. The number of amides is 1. The lowest BCUT2D eigenvalue weighted by Gasteiger charge is -2.11. The number of carbonyl (C=O) groups excluding carboxylic acids is 1. The molecule has 1 aromatic heterocycles. The molecule has 6 heteroatoms. The van der Waals surface area contributed by atoms with Crippen molar-refractivity contribution in [2.24, 2.45) is 13.0 Å². The van der Waals surface area contributed by atoms with Crippen molar-refractivity contribution in [2.45, 2.75) is 26.2 Å². The molecule has 1 aromatic rings. The highest BCUT2D eigenvalue weighted by Crippen LogP contribution is 2.13. The van der Waals surface area contributed by atoms with Crippen molar-refractivity contribution in [1.29, 1.82) is 0 Å². The molecule has 5 nitrogen and oxygen atoms in total. The maximum Gasteiger partial charge on any atom is 0.303 e. The van der Waals surface area contributed by atoms with Crippen LogP contribution < -0.4 is 5.32 Å². The van der Waals surface area contributed by atoms with Gasteiger partial charge in [0.2, 0.25) is 0 Å². The van der Waals surface area contributed by atoms with Crippen molar-refractivity contribution in [2.75, 3.05) is 6.54 Å². The summed E-state index contributed by atoms with van der Waals surface area (Å²) in [6.07, 6.45) is 3.23. The van der Waals surface area contributed by atoms with Gasteiger partial charge < -0.3 is 15.0 Å². The highest BCUT2D eigenvalue weighted by atomic mass is 35.5. The van der Waals surface area contributed by atoms with Crippen molar-refractivity contribution >= 4 is 23.5 Å². The van der Waals surface area contributed by atoms with Gasteiger partial charge in [0.1, 0.15) is 5.69 Å². The van der Waals surface area contributed by atoms with E-state index in [0.29, 0.717) is 23.7 Å². The third kappa shape index (κ3) is 5.34. The van der Waals surface area contributed by atoms with E-state index in [1.54, 1.807) is 23.9 Å². The molecule has 1 amide bonds. The van der Waals surface area contributed by atoms with Crippen LogP contribution >= 0.6 is 11.6 Å². The lowest BCUT2D eigenvalue weighted by Crippen LogP contribution is -2.27. The summed E-state index contributed by atoms with van der Waals surface area (Å²) < 4.78 is 1.67. The first kappa shape index (κ1) is 15.6. The van der Waals surface area contributed by atoms with Gasteiger partial charge in [-0.3, -0.25) is 9.59 Å². The van der Waals surface area contributed by atoms with E-state index >= 15 is 0 Å². The van der Waals surface area contributed by atoms with Gasteiger partial charge in [0.15, 0.2) is 0 Å². The summed E-state index contributed by atoms with van der Waals surface area (Å²) in [4.78, 5) is 22.3. The molecule has 106 valence electrons. The van der Waals surface area contributed by atoms with Crippen LogP contribution in [0.5, 0.6) is 0 Å². The molecule has 0 bridgehead atoms. The van der Waals surface area contributed by atoms with E-state index in [2.05, 4.69) is 5.32 Å². The van der Waals surface area contributed by atoms with E-state index in [-0.39, 0.29) is 18.2 Å². The molecule has 1 heterocycles. The second-order valence-corrected chi connectivity index (χ2v) is 5.17. The minimum atomic E-state index is -0.783. The van der Waals surface area contributed by atoms with Gasteiger partial charge in [0.25, 0.3) is 5.91 Å². The fraction of sp³-hybridized carbons (Fsp3) is 0.538. The standard InChI is InChI=1S/C13H19ClN2O3/c1-9(3-4-12(17)18)5-6-15-13(19)11-7-10(14)8-16(11)2/h7-9H,3-6H2,1-2H3,(H,15,19)(H,17,18). The van der Waals surface area contributed by atoms with Crippen LogP contribution in [-0.2, 0) is 11.8 Å². The Hall–Kier alpha value is -1.49. The Balaban J connectivity index is 2.31. The van der Waals surface area contributed by atoms with Crippen molar-refractivity contribution < 1.29 is 14.7 Å². The van der Waals surface area contributed by atoms with Gasteiger partial charge in [-0.25, -0.2) is 0 Å². The van der Waals surface area contributed by atoms with Gasteiger partial charge in [-0.15, -0.1) is 0 Å². The summed E-state index contributed by atoms with van der Waals surface area (Å²) in [7, 11) is 1.76. The quantitative estimate of drug-likeness (QED) is 0.808. The number of carbonyl (C=O) groups is 2. The summed E-state index contributed by atoms with van der Waals surface area (Å²) in [5, 5.41) is 11.9. The van der Waals surface area contributed by atoms with Crippen LogP contribution in [0.3, 0.4) is 0 Å². The number of carboxylic acid groups (broad SMARTS) is 1. The molecule has 0 radical (unpaired) electrons. The van der Waals surface area contributed by atoms with Crippen LogP contribution in [0.4, 0.5) is 0 Å². The van der Waals surface area contributed by atoms with Crippen molar-refractivity contribution in [1.82, 2.24) is 9.88 Å². The number of carboxylic acids is 1. The molecule has 0 saturated carbocycles. The molecule has 1 unspecified atom stereocenters. The molecule has 0 fully saturated rings. The van der Waals surface area contributed by atoms with Crippen LogP contribution in [0.25, 0.3) is 0 Å². The number of aromatic nitrogens is 1. The summed E-state index contributed by atoms with van der Waals surface area (Å²) >= 11 is 5.81. The average molecular weight is 287 g/mol. The van der Waals surface area contributed by atoms with Crippen molar-refractivity contribution in [3.63, 3.8) is 0 Å². The highest BCUT2D eigenvalue weighted by molar-refractivity contribution is 6.31. The first-order chi connectivity index (χ1) is 8.90. The van der Waals surface area contributed by atoms with Gasteiger partial charge in [-0.2, -0.15) is 0 Å². The molecule has 2 N–H and O–H groups in total. The highest BCUT2D eigenvalue weighted by Gasteiger charge is 2.11. The van der Waals surface area contributed by atoms with E-state index in [1.807, 2.05) is 6.92 Å². The van der Waals surface area contributed by atoms with E-state index in [4.69, 9.17) is 16.7 Å². The van der Waals surface area contributed by atoms with E-state index in [9.17, 15) is 9.59 Å². The summed E-state index contributed by atoms with van der Waals surface area (Å²) in [6, 6.07) is 1.62. The average Bonchev–Trinajstić information content (AvgIpc) is 2.65. The molecule has 0 saturated heterocycles. The molecular weight excluding hydrogens is 268 g/mol. The Morgan fingerprint density at radius 2 is 2.16 bits per heavy atom. The second kappa shape index (κ2) is 7.19. The predicted molar refractivity (Wildman–Crippen MR) is 73.4 cm³/mol. The number of nitrogens with zero attached hydrogens (tertiary/aromatic N) is 1. The van der Waals surface area contributed by atoms with Crippen LogP contribution in [0.2, 0.25) is 5.02 Å². The lowest BCUT2D eigenvalue weighted by molar-refractivity contribution is -0.137. The summed E-state index contributed by atoms with van der Waals surface area (Å²) in [5.74, 6) is -0.678. The first-order valence-electron chi connectivity index (χ1n) is 6.22. The number of nitrogens with one attached hydrogen (secondary N) is 1. The topological polar surface area (TPSA) is 71.3 Å². The zero-order valence-electron chi connectivity index (χ0n) is 11.1. The Morgan fingerprint density at radius 1 is 1.47 bits per heavy atom. The molecule has 19 heavy (non-hydrogen) atoms. The minimum absolute atomic E-state index is 0.167. The van der Waals surface area contributed by atoms with E-state index in [0.717, 1.165) is 6.42 Å². The first-order valence-corrected chi connectivity index (χ1v) is 6.59. The molecular formula is C13H19ClN2O3. The largest absolute Gasteiger partial charge is 0.481 e. The van der Waals surface area contributed by atoms with Crippen LogP contribution in [0.1, 0.15) is 36.7 Å². The lowest BCUT2D eigenvalue weighted by atomic mass is 10.0. The Kier molecular flexibility index (Phi) is 5.89. The fourth-order valence-corrected chi connectivity index (χ4v) is 2.04. The van der Waals surface area contributed by atoms with Crippen LogP contribution in [-0.4, -0.2) is 28.1 Å². The minimum Gasteiger partial charge on any atom is -0.481 e. The van der Waals surface area contributed by atoms with E-state index in [1.165, 1.54) is 0 Å². The zero-order valence-corrected chi connectivity index (χ0v) is 11.9. The number of hydrogen-bond acceptors (Lipinski definition) is 2. The molecule has 0 aliphatic heterocycles. The van der Waals surface area contributed by atoms with E-state index < -0.39 is 5.97 Å². The number of aryl methyl sites for hydroxylation is 1. The Bertz CT molecular complexity index is 457. The van der Waals surface area contributed by atoms with Crippen molar-refractivity contribution in [3.05, 3.63) is 23.0 Å². The SMILES string of the molecule is CC(CCNC(=O)c1cc(Cl)cn1C)CCC(=O)O. The van der Waals surface area contributed by atoms with Gasteiger partial charge in [0.05, 0.1) is 5.02 Å². The number of halogens is 1. The summed E-state index contributed by atoms with van der Waals surface area (Å²) in [5.41, 5.74) is 0.517. The molecule has 1 rings (SSSR count). The Morgan fingerprint density at radius 3 is 2.68 bits per heavy atom. The van der Waals surface area contributed by atoms with Gasteiger partial charge >= 0.3 is 5.97 Å². The number of rotatable bonds is 7. The van der Waals surface area contributed by atoms with Gasteiger partial charge in [0, 0.05) is 26.2 Å². The maximum absolute atomic E-state index is 11.8. The third-order valence-electron chi connectivity index (χ3n) is 2.98. The van der Waals surface area contributed by atoms with Gasteiger partial charge in [-0.05, 0) is 24.8 Å². The van der Waals surface area contributed by atoms with Crippen molar-refractivity contribution in [3.8, 4) is 0 Å². The van der Waals surface area contributed by atoms with Crippen LogP contribution in [0, 0.1) is 5.92 Å². The number of hydrogen-bond donors (Lipinski definition) is 2. The predicted octanol–water partition coefficient (Wildman–Crippen LogP) is 2.30. The molecule has 0 aliphatic rings. The fourth-order valence-electron chi connectivity index (χ4n) is 1.79. The smallest absolute Gasteiger partial charge is 0.303 e. The third-order valence-corrected chi connectivity index (χ3v) is 3.18. The van der Waals surface area contributed by atoms with Crippen LogP contribution in [0.15, 0.2) is 12.3 Å².